The second kappa shape index (κ2) is 5.15. The van der Waals surface area contributed by atoms with Crippen molar-refractivity contribution in [2.75, 3.05) is 11.9 Å². The van der Waals surface area contributed by atoms with Crippen LogP contribution in [0.4, 0.5) is 5.69 Å². The van der Waals surface area contributed by atoms with E-state index >= 15 is 0 Å². The molecule has 2 heteroatoms. The van der Waals surface area contributed by atoms with Gasteiger partial charge in [0.2, 0.25) is 0 Å². The van der Waals surface area contributed by atoms with E-state index in [9.17, 15) is 0 Å². The van der Waals surface area contributed by atoms with Gasteiger partial charge < -0.3 is 5.32 Å². The van der Waals surface area contributed by atoms with E-state index in [4.69, 9.17) is 0 Å². The molecule has 15 heavy (non-hydrogen) atoms. The summed E-state index contributed by atoms with van der Waals surface area (Å²) >= 11 is 0. The Balaban J connectivity index is 1.81. The number of hydrogen-bond donors (Lipinski definition) is 1. The van der Waals surface area contributed by atoms with Crippen molar-refractivity contribution < 1.29 is 0 Å². The quantitative estimate of drug-likeness (QED) is 0.817. The first-order valence-corrected chi connectivity index (χ1v) is 5.13. The van der Waals surface area contributed by atoms with E-state index in [1.807, 2.05) is 24.4 Å². The molecule has 0 aliphatic rings. The summed E-state index contributed by atoms with van der Waals surface area (Å²) in [6.45, 7) is 0.940. The van der Waals surface area contributed by atoms with Crippen molar-refractivity contribution in [3.05, 3.63) is 60.4 Å². The lowest BCUT2D eigenvalue weighted by molar-refractivity contribution is 1.02. The summed E-state index contributed by atoms with van der Waals surface area (Å²) < 4.78 is 0. The zero-order valence-corrected chi connectivity index (χ0v) is 8.56. The minimum Gasteiger partial charge on any atom is -0.383 e. The third kappa shape index (κ3) is 3.09. The van der Waals surface area contributed by atoms with Crippen molar-refractivity contribution in [2.45, 2.75) is 6.42 Å². The Morgan fingerprint density at radius 2 is 1.87 bits per heavy atom. The Bertz CT molecular complexity index is 344. The molecule has 0 aliphatic heterocycles. The molecule has 2 rings (SSSR count). The molecule has 2 nitrogen and oxygen atoms in total. The molecular weight excluding hydrogens is 184 g/mol. The lowest BCUT2D eigenvalue weighted by atomic mass is 10.1. The van der Waals surface area contributed by atoms with Crippen LogP contribution in [0, 0.1) is 0 Å². The fourth-order valence-electron chi connectivity index (χ4n) is 1.46. The van der Waals surface area contributed by atoms with Gasteiger partial charge in [-0.05, 0) is 24.1 Å². The molecule has 1 N–H and O–H groups in total. The smallest absolute Gasteiger partial charge is 0.0526 e. The molecule has 1 aromatic carbocycles. The summed E-state index contributed by atoms with van der Waals surface area (Å²) in [5.74, 6) is 0. The fraction of sp³-hybridized carbons (Fsp3) is 0.154. The number of nitrogens with zero attached hydrogens (tertiary/aromatic N) is 1. The van der Waals surface area contributed by atoms with E-state index in [0.717, 1.165) is 18.7 Å². The maximum absolute atomic E-state index is 4.05. The van der Waals surface area contributed by atoms with Gasteiger partial charge in [0.15, 0.2) is 0 Å². The molecule has 1 heterocycles. The Labute approximate surface area is 90.0 Å². The van der Waals surface area contributed by atoms with Gasteiger partial charge in [-0.15, -0.1) is 0 Å². The minimum absolute atomic E-state index is 0.940. The first-order valence-electron chi connectivity index (χ1n) is 5.13. The lowest BCUT2D eigenvalue weighted by Gasteiger charge is -2.05. The van der Waals surface area contributed by atoms with Crippen LogP contribution in [0.15, 0.2) is 54.9 Å². The molecule has 0 spiro atoms. The van der Waals surface area contributed by atoms with Crippen molar-refractivity contribution in [3.8, 4) is 0 Å². The Morgan fingerprint density at radius 3 is 2.60 bits per heavy atom. The first-order chi connectivity index (χ1) is 7.45. The van der Waals surface area contributed by atoms with Crippen LogP contribution in [0.5, 0.6) is 0 Å². The van der Waals surface area contributed by atoms with Crippen LogP contribution in [-0.4, -0.2) is 11.5 Å². The maximum atomic E-state index is 4.05. The summed E-state index contributed by atoms with van der Waals surface area (Å²) in [5, 5.41) is 3.33. The number of benzene rings is 1. The van der Waals surface area contributed by atoms with E-state index in [-0.39, 0.29) is 0 Å². The Kier molecular flexibility index (Phi) is 3.34. The summed E-state index contributed by atoms with van der Waals surface area (Å²) in [7, 11) is 0. The fourth-order valence-corrected chi connectivity index (χ4v) is 1.46. The average Bonchev–Trinajstić information content (AvgIpc) is 2.32. The second-order valence-corrected chi connectivity index (χ2v) is 3.40. The van der Waals surface area contributed by atoms with Gasteiger partial charge in [-0.3, -0.25) is 4.98 Å². The highest BCUT2D eigenvalue weighted by molar-refractivity contribution is 5.39. The largest absolute Gasteiger partial charge is 0.383 e. The first kappa shape index (κ1) is 9.71. The molecule has 1 aromatic heterocycles. The van der Waals surface area contributed by atoms with Crippen molar-refractivity contribution in [1.82, 2.24) is 4.98 Å². The van der Waals surface area contributed by atoms with Crippen LogP contribution < -0.4 is 5.32 Å². The van der Waals surface area contributed by atoms with E-state index < -0.39 is 0 Å². The van der Waals surface area contributed by atoms with E-state index in [1.165, 1.54) is 5.56 Å². The number of rotatable bonds is 4. The molecule has 0 bridgehead atoms. The Morgan fingerprint density at radius 1 is 1.00 bits per heavy atom. The molecular formula is C13H14N2. The van der Waals surface area contributed by atoms with Crippen molar-refractivity contribution >= 4 is 5.69 Å². The van der Waals surface area contributed by atoms with Crippen LogP contribution >= 0.6 is 0 Å². The van der Waals surface area contributed by atoms with Gasteiger partial charge in [0, 0.05) is 18.9 Å². The highest BCUT2D eigenvalue weighted by Gasteiger charge is 1.92. The SMILES string of the molecule is c1ccc(CCNc2cccnc2)cc1. The summed E-state index contributed by atoms with van der Waals surface area (Å²) in [6.07, 6.45) is 4.66. The van der Waals surface area contributed by atoms with Crippen LogP contribution in [0.2, 0.25) is 0 Å². The number of aromatic nitrogens is 1. The van der Waals surface area contributed by atoms with Crippen molar-refractivity contribution in [1.29, 1.82) is 0 Å². The molecule has 0 saturated carbocycles. The molecule has 0 saturated heterocycles. The predicted octanol–water partition coefficient (Wildman–Crippen LogP) is 2.74. The third-order valence-electron chi connectivity index (χ3n) is 2.25. The second-order valence-electron chi connectivity index (χ2n) is 3.40. The van der Waals surface area contributed by atoms with E-state index in [0.29, 0.717) is 0 Å². The van der Waals surface area contributed by atoms with Crippen LogP contribution in [-0.2, 0) is 6.42 Å². The van der Waals surface area contributed by atoms with Crippen LogP contribution in [0.25, 0.3) is 0 Å². The zero-order valence-electron chi connectivity index (χ0n) is 8.56. The third-order valence-corrected chi connectivity index (χ3v) is 2.25. The van der Waals surface area contributed by atoms with Crippen molar-refractivity contribution in [3.63, 3.8) is 0 Å². The number of anilines is 1. The van der Waals surface area contributed by atoms with Gasteiger partial charge in [0.1, 0.15) is 0 Å². The lowest BCUT2D eigenvalue weighted by Crippen LogP contribution is -2.04. The standard InChI is InChI=1S/C13H14N2/c1-2-5-12(6-3-1)8-10-15-13-7-4-9-14-11-13/h1-7,9,11,15H,8,10H2. The van der Waals surface area contributed by atoms with Crippen LogP contribution in [0.3, 0.4) is 0 Å². The van der Waals surface area contributed by atoms with Gasteiger partial charge in [0.25, 0.3) is 0 Å². The number of nitrogens with one attached hydrogen (secondary N) is 1. The highest BCUT2D eigenvalue weighted by atomic mass is 14.9. The topological polar surface area (TPSA) is 24.9 Å². The highest BCUT2D eigenvalue weighted by Crippen LogP contribution is 2.04. The number of hydrogen-bond acceptors (Lipinski definition) is 2. The van der Waals surface area contributed by atoms with Gasteiger partial charge >= 0.3 is 0 Å². The van der Waals surface area contributed by atoms with E-state index in [2.05, 4.69) is 34.6 Å². The number of pyridine rings is 1. The summed E-state index contributed by atoms with van der Waals surface area (Å²) in [6, 6.07) is 14.4. The van der Waals surface area contributed by atoms with Crippen LogP contribution in [0.1, 0.15) is 5.56 Å². The van der Waals surface area contributed by atoms with Crippen molar-refractivity contribution in [2.24, 2.45) is 0 Å². The predicted molar refractivity (Wildman–Crippen MR) is 62.9 cm³/mol. The van der Waals surface area contributed by atoms with Gasteiger partial charge in [-0.1, -0.05) is 30.3 Å². The van der Waals surface area contributed by atoms with Gasteiger partial charge in [-0.25, -0.2) is 0 Å². The average molecular weight is 198 g/mol. The monoisotopic (exact) mass is 198 g/mol. The minimum atomic E-state index is 0.940. The molecule has 0 atom stereocenters. The molecule has 0 amide bonds. The molecule has 0 aliphatic carbocycles. The normalized spacial score (nSPS) is 9.87. The van der Waals surface area contributed by atoms with E-state index in [1.54, 1.807) is 6.20 Å². The van der Waals surface area contributed by atoms with Gasteiger partial charge in [0.05, 0.1) is 5.69 Å². The molecule has 0 fully saturated rings. The Hall–Kier alpha value is -1.83. The molecule has 76 valence electrons. The summed E-state index contributed by atoms with van der Waals surface area (Å²) in [5.41, 5.74) is 2.43. The molecule has 2 aromatic rings. The van der Waals surface area contributed by atoms with Gasteiger partial charge in [-0.2, -0.15) is 0 Å². The maximum Gasteiger partial charge on any atom is 0.0526 e. The zero-order chi connectivity index (χ0) is 10.3. The summed E-state index contributed by atoms with van der Waals surface area (Å²) in [4.78, 5) is 4.05. The molecule has 0 radical (unpaired) electrons. The molecule has 0 unspecified atom stereocenters.